The lowest BCUT2D eigenvalue weighted by molar-refractivity contribution is 0.602. The Balaban J connectivity index is 0.00000320. The summed E-state index contributed by atoms with van der Waals surface area (Å²) < 4.78 is 36.5. The number of rotatable bonds is 7. The zero-order valence-corrected chi connectivity index (χ0v) is 20.1. The zero-order chi connectivity index (χ0) is 20.9. The van der Waals surface area contributed by atoms with Gasteiger partial charge in [-0.1, -0.05) is 12.1 Å². The number of benzene rings is 2. The molecule has 0 aliphatic heterocycles. The van der Waals surface area contributed by atoms with Gasteiger partial charge in [-0.05, 0) is 54.3 Å². The lowest BCUT2D eigenvalue weighted by Crippen LogP contribution is -2.39. The molecule has 3 N–H and O–H groups in total. The highest BCUT2D eigenvalue weighted by Crippen LogP contribution is 2.19. The molecule has 6 nitrogen and oxygen atoms in total. The second-order valence-electron chi connectivity index (χ2n) is 6.85. The zero-order valence-electron chi connectivity index (χ0n) is 16.9. The molecule has 0 bridgehead atoms. The quantitative estimate of drug-likeness (QED) is 0.242. The maximum atomic E-state index is 13.5. The standard InChI is InChI=1S/C21H25FN4O2S.HI/c1-23-21(24-11-9-15-3-6-18(7-4-15)29(2,27)28)25-12-10-16-14-26-20-8-5-17(22)13-19(16)20;/h3-8,13-14,26H,9-12H2,1-2H3,(H2,23,24,25);1H. The number of nitrogens with zero attached hydrogens (tertiary/aromatic N) is 1. The van der Waals surface area contributed by atoms with Gasteiger partial charge in [0.2, 0.25) is 0 Å². The van der Waals surface area contributed by atoms with Gasteiger partial charge >= 0.3 is 0 Å². The van der Waals surface area contributed by atoms with E-state index in [1.54, 1.807) is 31.3 Å². The molecule has 0 saturated carbocycles. The molecular formula is C21H26FIN4O2S. The molecule has 0 saturated heterocycles. The number of sulfone groups is 1. The summed E-state index contributed by atoms with van der Waals surface area (Å²) in [5.41, 5.74) is 3.01. The molecule has 1 heterocycles. The highest BCUT2D eigenvalue weighted by Gasteiger charge is 2.07. The van der Waals surface area contributed by atoms with E-state index in [2.05, 4.69) is 20.6 Å². The van der Waals surface area contributed by atoms with Gasteiger partial charge in [-0.15, -0.1) is 24.0 Å². The van der Waals surface area contributed by atoms with E-state index in [1.807, 2.05) is 18.3 Å². The van der Waals surface area contributed by atoms with Crippen LogP contribution in [0, 0.1) is 5.82 Å². The topological polar surface area (TPSA) is 86.3 Å². The number of halogens is 2. The summed E-state index contributed by atoms with van der Waals surface area (Å²) >= 11 is 0. The fraction of sp³-hybridized carbons (Fsp3) is 0.286. The first-order valence-corrected chi connectivity index (χ1v) is 11.2. The van der Waals surface area contributed by atoms with Crippen molar-refractivity contribution in [2.75, 3.05) is 26.4 Å². The van der Waals surface area contributed by atoms with E-state index in [9.17, 15) is 12.8 Å². The van der Waals surface area contributed by atoms with Gasteiger partial charge in [0, 0.05) is 43.5 Å². The SMILES string of the molecule is CN=C(NCCc1ccc(S(C)(=O)=O)cc1)NCCc1c[nH]c2ccc(F)cc12.I. The Morgan fingerprint density at radius 3 is 2.37 bits per heavy atom. The molecule has 0 amide bonds. The number of hydrogen-bond donors (Lipinski definition) is 3. The number of H-pyrrole nitrogens is 1. The molecular weight excluding hydrogens is 518 g/mol. The third-order valence-electron chi connectivity index (χ3n) is 4.70. The van der Waals surface area contributed by atoms with Gasteiger partial charge in [0.05, 0.1) is 4.90 Å². The number of aliphatic imine (C=N–C) groups is 1. The van der Waals surface area contributed by atoms with Crippen LogP contribution in [0.25, 0.3) is 10.9 Å². The molecule has 0 radical (unpaired) electrons. The van der Waals surface area contributed by atoms with Crippen molar-refractivity contribution in [2.24, 2.45) is 4.99 Å². The van der Waals surface area contributed by atoms with Gasteiger partial charge < -0.3 is 15.6 Å². The van der Waals surface area contributed by atoms with E-state index in [1.165, 1.54) is 12.3 Å². The van der Waals surface area contributed by atoms with Crippen LogP contribution >= 0.6 is 24.0 Å². The van der Waals surface area contributed by atoms with Gasteiger partial charge in [-0.25, -0.2) is 12.8 Å². The molecule has 0 aliphatic rings. The number of nitrogens with one attached hydrogen (secondary N) is 3. The Labute approximate surface area is 193 Å². The van der Waals surface area contributed by atoms with Crippen molar-refractivity contribution in [3.63, 3.8) is 0 Å². The van der Waals surface area contributed by atoms with E-state index in [0.29, 0.717) is 23.9 Å². The van der Waals surface area contributed by atoms with Crippen LogP contribution in [-0.2, 0) is 22.7 Å². The Bertz CT molecular complexity index is 1110. The van der Waals surface area contributed by atoms with Crippen molar-refractivity contribution >= 4 is 50.7 Å². The van der Waals surface area contributed by atoms with Crippen LogP contribution < -0.4 is 10.6 Å². The minimum atomic E-state index is -3.17. The summed E-state index contributed by atoms with van der Waals surface area (Å²) in [6.45, 7) is 1.32. The van der Waals surface area contributed by atoms with Crippen molar-refractivity contribution in [3.05, 3.63) is 65.6 Å². The number of aromatic nitrogens is 1. The highest BCUT2D eigenvalue weighted by molar-refractivity contribution is 14.0. The van der Waals surface area contributed by atoms with Crippen molar-refractivity contribution < 1.29 is 12.8 Å². The molecule has 0 spiro atoms. The van der Waals surface area contributed by atoms with Crippen LogP contribution in [0.3, 0.4) is 0 Å². The van der Waals surface area contributed by atoms with Gasteiger partial charge in [0.15, 0.2) is 15.8 Å². The van der Waals surface area contributed by atoms with Crippen molar-refractivity contribution in [1.29, 1.82) is 0 Å². The largest absolute Gasteiger partial charge is 0.361 e. The van der Waals surface area contributed by atoms with Gasteiger partial charge in [0.1, 0.15) is 5.82 Å². The average Bonchev–Trinajstić information content (AvgIpc) is 3.08. The first-order chi connectivity index (χ1) is 13.9. The Morgan fingerprint density at radius 1 is 1.07 bits per heavy atom. The molecule has 162 valence electrons. The number of hydrogen-bond acceptors (Lipinski definition) is 3. The third kappa shape index (κ3) is 6.43. The van der Waals surface area contributed by atoms with Crippen LogP contribution in [0.2, 0.25) is 0 Å². The van der Waals surface area contributed by atoms with Gasteiger partial charge in [-0.3, -0.25) is 4.99 Å². The molecule has 2 aromatic carbocycles. The van der Waals surface area contributed by atoms with Crippen LogP contribution in [-0.4, -0.2) is 45.8 Å². The Hall–Kier alpha value is -2.14. The Morgan fingerprint density at radius 2 is 1.73 bits per heavy atom. The number of aromatic amines is 1. The minimum Gasteiger partial charge on any atom is -0.361 e. The summed E-state index contributed by atoms with van der Waals surface area (Å²) in [4.78, 5) is 7.69. The predicted molar refractivity (Wildman–Crippen MR) is 130 cm³/mol. The molecule has 3 rings (SSSR count). The summed E-state index contributed by atoms with van der Waals surface area (Å²) in [6.07, 6.45) is 4.58. The van der Waals surface area contributed by atoms with Crippen molar-refractivity contribution in [3.8, 4) is 0 Å². The maximum Gasteiger partial charge on any atom is 0.190 e. The third-order valence-corrected chi connectivity index (χ3v) is 5.83. The van der Waals surface area contributed by atoms with Gasteiger partial charge in [-0.2, -0.15) is 0 Å². The minimum absolute atomic E-state index is 0. The van der Waals surface area contributed by atoms with Crippen LogP contribution in [0.5, 0.6) is 0 Å². The second-order valence-corrected chi connectivity index (χ2v) is 8.86. The van der Waals surface area contributed by atoms with Crippen molar-refractivity contribution in [1.82, 2.24) is 15.6 Å². The predicted octanol–water partition coefficient (Wildman–Crippen LogP) is 3.28. The molecule has 0 fully saturated rings. The van der Waals surface area contributed by atoms with E-state index >= 15 is 0 Å². The number of guanidine groups is 1. The summed E-state index contributed by atoms with van der Waals surface area (Å²) in [5, 5.41) is 7.39. The highest BCUT2D eigenvalue weighted by atomic mass is 127. The number of fused-ring (bicyclic) bond motifs is 1. The lowest BCUT2D eigenvalue weighted by atomic mass is 10.1. The molecule has 0 unspecified atom stereocenters. The van der Waals surface area contributed by atoms with Gasteiger partial charge in [0.25, 0.3) is 0 Å². The molecule has 1 aromatic heterocycles. The summed E-state index contributed by atoms with van der Waals surface area (Å²) in [7, 11) is -1.46. The fourth-order valence-electron chi connectivity index (χ4n) is 3.12. The second kappa shape index (κ2) is 10.8. The lowest BCUT2D eigenvalue weighted by Gasteiger charge is -2.12. The molecule has 0 atom stereocenters. The molecule has 3 aromatic rings. The van der Waals surface area contributed by atoms with Crippen LogP contribution in [0.1, 0.15) is 11.1 Å². The monoisotopic (exact) mass is 544 g/mol. The Kier molecular flexibility index (Phi) is 8.65. The normalized spacial score (nSPS) is 11.9. The smallest absolute Gasteiger partial charge is 0.190 e. The average molecular weight is 544 g/mol. The van der Waals surface area contributed by atoms with Crippen LogP contribution in [0.4, 0.5) is 4.39 Å². The van der Waals surface area contributed by atoms with Crippen LogP contribution in [0.15, 0.2) is 58.5 Å². The van der Waals surface area contributed by atoms with E-state index in [-0.39, 0.29) is 29.8 Å². The molecule has 9 heteroatoms. The van der Waals surface area contributed by atoms with Crippen molar-refractivity contribution in [2.45, 2.75) is 17.7 Å². The first kappa shape index (κ1) is 24.1. The maximum absolute atomic E-state index is 13.5. The molecule has 30 heavy (non-hydrogen) atoms. The summed E-state index contributed by atoms with van der Waals surface area (Å²) in [5.74, 6) is 0.442. The van der Waals surface area contributed by atoms with E-state index in [4.69, 9.17) is 0 Å². The molecule has 0 aliphatic carbocycles. The van der Waals surface area contributed by atoms with E-state index < -0.39 is 9.84 Å². The van der Waals surface area contributed by atoms with E-state index in [0.717, 1.165) is 34.9 Å². The fourth-order valence-corrected chi connectivity index (χ4v) is 3.75. The first-order valence-electron chi connectivity index (χ1n) is 9.36. The summed E-state index contributed by atoms with van der Waals surface area (Å²) in [6, 6.07) is 11.6.